The lowest BCUT2D eigenvalue weighted by Crippen LogP contribution is -2.08. The van der Waals surface area contributed by atoms with Crippen LogP contribution in [0.5, 0.6) is 5.75 Å². The van der Waals surface area contributed by atoms with Crippen LogP contribution in [0.4, 0.5) is 5.69 Å². The first-order chi connectivity index (χ1) is 12.6. The van der Waals surface area contributed by atoms with E-state index in [-0.39, 0.29) is 29.5 Å². The molecular formula is C17H13N3O6. The van der Waals surface area contributed by atoms with Gasteiger partial charge in [-0.3, -0.25) is 10.1 Å². The summed E-state index contributed by atoms with van der Waals surface area (Å²) >= 11 is 0. The molecule has 9 nitrogen and oxygen atoms in total. The number of nitrogens with zero attached hydrogens (tertiary/aromatic N) is 3. The summed E-state index contributed by atoms with van der Waals surface area (Å²) in [5.74, 6) is -0.243. The van der Waals surface area contributed by atoms with Crippen molar-refractivity contribution in [2.45, 2.75) is 6.61 Å². The van der Waals surface area contributed by atoms with Gasteiger partial charge in [-0.25, -0.2) is 4.79 Å². The Hall–Kier alpha value is -3.75. The number of rotatable bonds is 6. The van der Waals surface area contributed by atoms with Crippen LogP contribution >= 0.6 is 0 Å². The van der Waals surface area contributed by atoms with E-state index >= 15 is 0 Å². The highest BCUT2D eigenvalue weighted by Gasteiger charge is 2.20. The Labute approximate surface area is 147 Å². The van der Waals surface area contributed by atoms with Gasteiger partial charge in [0.2, 0.25) is 5.89 Å². The standard InChI is InChI=1S/C17H13N3O6/c1-24-14-8-7-12(20(22)23)9-13(14)17(21)25-10-15-18-19-16(26-15)11-5-3-2-4-6-11/h2-9H,10H2,1H3. The molecule has 0 unspecified atom stereocenters. The van der Waals surface area contributed by atoms with Gasteiger partial charge in [0.05, 0.1) is 12.0 Å². The monoisotopic (exact) mass is 355 g/mol. The van der Waals surface area contributed by atoms with Gasteiger partial charge in [-0.1, -0.05) is 18.2 Å². The van der Waals surface area contributed by atoms with Gasteiger partial charge in [-0.05, 0) is 18.2 Å². The van der Waals surface area contributed by atoms with E-state index in [2.05, 4.69) is 10.2 Å². The molecule has 0 N–H and O–H groups in total. The Kier molecular flexibility index (Phi) is 4.88. The third-order valence-corrected chi connectivity index (χ3v) is 3.43. The topological polar surface area (TPSA) is 118 Å². The van der Waals surface area contributed by atoms with Gasteiger partial charge >= 0.3 is 5.97 Å². The highest BCUT2D eigenvalue weighted by molar-refractivity contribution is 5.93. The molecule has 2 aromatic carbocycles. The lowest BCUT2D eigenvalue weighted by molar-refractivity contribution is -0.384. The molecule has 0 bridgehead atoms. The van der Waals surface area contributed by atoms with Crippen LogP contribution in [0.1, 0.15) is 16.2 Å². The molecule has 3 rings (SSSR count). The van der Waals surface area contributed by atoms with Crippen LogP contribution in [0, 0.1) is 10.1 Å². The molecule has 0 saturated heterocycles. The number of aromatic nitrogens is 2. The molecule has 9 heteroatoms. The normalized spacial score (nSPS) is 10.3. The molecule has 1 heterocycles. The van der Waals surface area contributed by atoms with Gasteiger partial charge < -0.3 is 13.9 Å². The van der Waals surface area contributed by atoms with Gasteiger partial charge in [0.25, 0.3) is 11.6 Å². The summed E-state index contributed by atoms with van der Waals surface area (Å²) in [7, 11) is 1.35. The molecule has 132 valence electrons. The van der Waals surface area contributed by atoms with Gasteiger partial charge in [0, 0.05) is 17.7 Å². The highest BCUT2D eigenvalue weighted by atomic mass is 16.6. The van der Waals surface area contributed by atoms with E-state index in [9.17, 15) is 14.9 Å². The second-order valence-corrected chi connectivity index (χ2v) is 5.08. The maximum Gasteiger partial charge on any atom is 0.342 e. The van der Waals surface area contributed by atoms with Crippen molar-refractivity contribution in [1.82, 2.24) is 10.2 Å². The van der Waals surface area contributed by atoms with Gasteiger partial charge in [0.15, 0.2) is 6.61 Å². The predicted molar refractivity (Wildman–Crippen MR) is 88.5 cm³/mol. The molecule has 0 spiro atoms. The van der Waals surface area contributed by atoms with Crippen molar-refractivity contribution in [3.63, 3.8) is 0 Å². The fourth-order valence-electron chi connectivity index (χ4n) is 2.18. The number of carbonyl (C=O) groups excluding carboxylic acids is 1. The van der Waals surface area contributed by atoms with Crippen LogP contribution in [0.3, 0.4) is 0 Å². The van der Waals surface area contributed by atoms with Crippen molar-refractivity contribution < 1.29 is 23.6 Å². The quantitative estimate of drug-likeness (QED) is 0.376. The van der Waals surface area contributed by atoms with E-state index in [1.165, 1.54) is 19.2 Å². The Morgan fingerprint density at radius 2 is 1.96 bits per heavy atom. The molecule has 0 radical (unpaired) electrons. The number of esters is 1. The van der Waals surface area contributed by atoms with Crippen molar-refractivity contribution in [3.05, 3.63) is 70.1 Å². The third kappa shape index (κ3) is 3.66. The van der Waals surface area contributed by atoms with Crippen LogP contribution in [-0.4, -0.2) is 28.2 Å². The minimum absolute atomic E-state index is 0.0653. The molecule has 0 saturated carbocycles. The van der Waals surface area contributed by atoms with E-state index in [0.717, 1.165) is 11.6 Å². The Bertz CT molecular complexity index is 939. The largest absolute Gasteiger partial charge is 0.496 e. The molecule has 0 aliphatic rings. The van der Waals surface area contributed by atoms with Gasteiger partial charge in [0.1, 0.15) is 11.3 Å². The van der Waals surface area contributed by atoms with Crippen LogP contribution in [-0.2, 0) is 11.3 Å². The van der Waals surface area contributed by atoms with E-state index in [1.807, 2.05) is 18.2 Å². The van der Waals surface area contributed by atoms with E-state index in [4.69, 9.17) is 13.9 Å². The number of methoxy groups -OCH3 is 1. The number of hydrogen-bond acceptors (Lipinski definition) is 8. The summed E-state index contributed by atoms with van der Waals surface area (Å²) in [6, 6.07) is 12.8. The lowest BCUT2D eigenvalue weighted by Gasteiger charge is -2.07. The summed E-state index contributed by atoms with van der Waals surface area (Å²) in [6.45, 7) is -0.273. The molecule has 0 atom stereocenters. The zero-order chi connectivity index (χ0) is 18.5. The minimum atomic E-state index is -0.801. The minimum Gasteiger partial charge on any atom is -0.496 e. The van der Waals surface area contributed by atoms with E-state index in [1.54, 1.807) is 12.1 Å². The third-order valence-electron chi connectivity index (χ3n) is 3.43. The first kappa shape index (κ1) is 17.1. The fraction of sp³-hybridized carbons (Fsp3) is 0.118. The van der Waals surface area contributed by atoms with Crippen LogP contribution < -0.4 is 4.74 Å². The highest BCUT2D eigenvalue weighted by Crippen LogP contribution is 2.25. The molecule has 0 aliphatic carbocycles. The molecule has 1 aromatic heterocycles. The fourth-order valence-corrected chi connectivity index (χ4v) is 2.18. The molecule has 0 fully saturated rings. The van der Waals surface area contributed by atoms with Crippen LogP contribution in [0.2, 0.25) is 0 Å². The number of benzene rings is 2. The number of carbonyl (C=O) groups is 1. The second-order valence-electron chi connectivity index (χ2n) is 5.08. The van der Waals surface area contributed by atoms with Crippen molar-refractivity contribution in [2.24, 2.45) is 0 Å². The number of nitro benzene ring substituents is 1. The van der Waals surface area contributed by atoms with Crippen LogP contribution in [0.25, 0.3) is 11.5 Å². The summed E-state index contributed by atoms with van der Waals surface area (Å²) in [4.78, 5) is 22.5. The molecule has 0 amide bonds. The SMILES string of the molecule is COc1ccc([N+](=O)[O-])cc1C(=O)OCc1nnc(-c2ccccc2)o1. The number of hydrogen-bond donors (Lipinski definition) is 0. The second kappa shape index (κ2) is 7.43. The Morgan fingerprint density at radius 3 is 2.65 bits per heavy atom. The maximum atomic E-state index is 12.2. The zero-order valence-electron chi connectivity index (χ0n) is 13.6. The first-order valence-electron chi connectivity index (χ1n) is 7.46. The van der Waals surface area contributed by atoms with Crippen molar-refractivity contribution >= 4 is 11.7 Å². The van der Waals surface area contributed by atoms with Crippen LogP contribution in [0.15, 0.2) is 52.9 Å². The molecule has 3 aromatic rings. The summed E-state index contributed by atoms with van der Waals surface area (Å²) in [5.41, 5.74) is 0.421. The number of nitro groups is 1. The zero-order valence-corrected chi connectivity index (χ0v) is 13.6. The van der Waals surface area contributed by atoms with Gasteiger partial charge in [-0.15, -0.1) is 10.2 Å². The Balaban J connectivity index is 1.72. The Morgan fingerprint density at radius 1 is 1.19 bits per heavy atom. The lowest BCUT2D eigenvalue weighted by atomic mass is 10.2. The molecule has 26 heavy (non-hydrogen) atoms. The maximum absolute atomic E-state index is 12.2. The van der Waals surface area contributed by atoms with E-state index in [0.29, 0.717) is 5.89 Å². The summed E-state index contributed by atoms with van der Waals surface area (Å²) in [5, 5.41) is 18.6. The molecule has 0 aliphatic heterocycles. The average molecular weight is 355 g/mol. The number of non-ortho nitro benzene ring substituents is 1. The van der Waals surface area contributed by atoms with Crippen molar-refractivity contribution in [2.75, 3.05) is 7.11 Å². The van der Waals surface area contributed by atoms with Gasteiger partial charge in [-0.2, -0.15) is 0 Å². The first-order valence-corrected chi connectivity index (χ1v) is 7.46. The predicted octanol–water partition coefficient (Wildman–Crippen LogP) is 3.01. The van der Waals surface area contributed by atoms with Crippen molar-refractivity contribution in [3.8, 4) is 17.2 Å². The van der Waals surface area contributed by atoms with E-state index < -0.39 is 10.9 Å². The smallest absolute Gasteiger partial charge is 0.342 e. The number of ether oxygens (including phenoxy) is 2. The summed E-state index contributed by atoms with van der Waals surface area (Å²) in [6.07, 6.45) is 0. The average Bonchev–Trinajstić information content (AvgIpc) is 3.15. The van der Waals surface area contributed by atoms with Crippen molar-refractivity contribution in [1.29, 1.82) is 0 Å². The summed E-state index contributed by atoms with van der Waals surface area (Å²) < 4.78 is 15.6. The molecular weight excluding hydrogens is 342 g/mol.